The number of aryl methyl sites for hydroxylation is 2. The van der Waals surface area contributed by atoms with Crippen LogP contribution >= 0.6 is 0 Å². The topological polar surface area (TPSA) is 64.2 Å². The maximum Gasteiger partial charge on any atom is 0.329 e. The van der Waals surface area contributed by atoms with Crippen LogP contribution in [0.2, 0.25) is 0 Å². The highest BCUT2D eigenvalue weighted by atomic mass is 16.4. The molecule has 0 bridgehead atoms. The number of benzene rings is 2. The Balaban J connectivity index is 2.04. The lowest BCUT2D eigenvalue weighted by Crippen LogP contribution is -2.27. The number of aromatic nitrogens is 2. The van der Waals surface area contributed by atoms with Crippen LogP contribution in [0.5, 0.6) is 0 Å². The number of aliphatic carboxylic acids is 1. The van der Waals surface area contributed by atoms with Gasteiger partial charge in [-0.1, -0.05) is 30.3 Å². The molecule has 1 aromatic heterocycles. The molecule has 0 spiro atoms. The maximum absolute atomic E-state index is 12.6. The lowest BCUT2D eigenvalue weighted by atomic mass is 9.97. The summed E-state index contributed by atoms with van der Waals surface area (Å²) in [4.78, 5) is 23.7. The van der Waals surface area contributed by atoms with Crippen molar-refractivity contribution in [3.8, 4) is 11.1 Å². The monoisotopic (exact) mass is 308 g/mol. The molecular formula is C18H16N2O3. The molecule has 3 aromatic rings. The van der Waals surface area contributed by atoms with Crippen LogP contribution in [0.3, 0.4) is 0 Å². The normalized spacial score (nSPS) is 13.4. The van der Waals surface area contributed by atoms with Gasteiger partial charge in [0.2, 0.25) is 0 Å². The van der Waals surface area contributed by atoms with Gasteiger partial charge in [-0.05, 0) is 41.7 Å². The molecule has 0 unspecified atom stereocenters. The number of carboxylic acid groups (broad SMARTS) is 1. The molecule has 0 aliphatic carbocycles. The van der Waals surface area contributed by atoms with Gasteiger partial charge in [-0.2, -0.15) is 0 Å². The van der Waals surface area contributed by atoms with E-state index in [0.29, 0.717) is 12.1 Å². The van der Waals surface area contributed by atoms with Crippen LogP contribution in [0.4, 0.5) is 0 Å². The lowest BCUT2D eigenvalue weighted by molar-refractivity contribution is -0.137. The van der Waals surface area contributed by atoms with E-state index in [2.05, 4.69) is 6.07 Å². The van der Waals surface area contributed by atoms with E-state index >= 15 is 0 Å². The fourth-order valence-electron chi connectivity index (χ4n) is 3.45. The van der Waals surface area contributed by atoms with Crippen LogP contribution in [-0.2, 0) is 24.3 Å². The molecule has 23 heavy (non-hydrogen) atoms. The molecule has 0 saturated carbocycles. The third-order valence-corrected chi connectivity index (χ3v) is 4.42. The van der Waals surface area contributed by atoms with Crippen molar-refractivity contribution >= 4 is 17.0 Å². The van der Waals surface area contributed by atoms with Gasteiger partial charge in [-0.3, -0.25) is 13.9 Å². The zero-order valence-electron chi connectivity index (χ0n) is 12.5. The van der Waals surface area contributed by atoms with Crippen molar-refractivity contribution in [3.63, 3.8) is 0 Å². The van der Waals surface area contributed by atoms with Crippen LogP contribution in [0, 0.1) is 0 Å². The fourth-order valence-corrected chi connectivity index (χ4v) is 3.45. The van der Waals surface area contributed by atoms with E-state index in [1.807, 2.05) is 36.4 Å². The van der Waals surface area contributed by atoms with Crippen LogP contribution in [0.15, 0.2) is 47.3 Å². The quantitative estimate of drug-likeness (QED) is 0.808. The molecule has 4 rings (SSSR count). The third kappa shape index (κ3) is 2.16. The molecule has 0 radical (unpaired) electrons. The van der Waals surface area contributed by atoms with Crippen molar-refractivity contribution < 1.29 is 9.90 Å². The molecule has 1 aliphatic rings. The molecule has 0 amide bonds. The third-order valence-electron chi connectivity index (χ3n) is 4.42. The molecule has 2 heterocycles. The summed E-state index contributed by atoms with van der Waals surface area (Å²) in [5, 5.41) is 9.14. The Bertz CT molecular complexity index is 967. The molecule has 1 aliphatic heterocycles. The van der Waals surface area contributed by atoms with Gasteiger partial charge in [0.15, 0.2) is 0 Å². The van der Waals surface area contributed by atoms with Gasteiger partial charge in [-0.25, -0.2) is 4.79 Å². The largest absolute Gasteiger partial charge is 0.480 e. The summed E-state index contributed by atoms with van der Waals surface area (Å²) in [6, 6.07) is 14.0. The van der Waals surface area contributed by atoms with Crippen LogP contribution < -0.4 is 5.69 Å². The molecule has 0 saturated heterocycles. The molecule has 1 N–H and O–H groups in total. The van der Waals surface area contributed by atoms with Gasteiger partial charge in [0, 0.05) is 6.54 Å². The van der Waals surface area contributed by atoms with Gasteiger partial charge < -0.3 is 5.11 Å². The maximum atomic E-state index is 12.6. The number of nitrogens with zero attached hydrogens (tertiary/aromatic N) is 2. The zero-order chi connectivity index (χ0) is 16.0. The van der Waals surface area contributed by atoms with E-state index in [1.165, 1.54) is 4.57 Å². The van der Waals surface area contributed by atoms with E-state index in [4.69, 9.17) is 5.11 Å². The molecule has 116 valence electrons. The molecule has 0 fully saturated rings. The summed E-state index contributed by atoms with van der Waals surface area (Å²) in [7, 11) is 0. The predicted octanol–water partition coefficient (Wildman–Crippen LogP) is 2.50. The van der Waals surface area contributed by atoms with Crippen molar-refractivity contribution in [1.82, 2.24) is 9.13 Å². The van der Waals surface area contributed by atoms with Gasteiger partial charge in [0.05, 0.1) is 11.0 Å². The Kier molecular flexibility index (Phi) is 3.08. The van der Waals surface area contributed by atoms with Crippen LogP contribution in [0.25, 0.3) is 22.2 Å². The number of hydrogen-bond donors (Lipinski definition) is 1. The first-order valence-corrected chi connectivity index (χ1v) is 7.68. The van der Waals surface area contributed by atoms with Gasteiger partial charge in [0.25, 0.3) is 0 Å². The van der Waals surface area contributed by atoms with Gasteiger partial charge >= 0.3 is 11.7 Å². The summed E-state index contributed by atoms with van der Waals surface area (Å²) >= 11 is 0. The second kappa shape index (κ2) is 5.12. The minimum atomic E-state index is -1.00. The molecule has 0 atom stereocenters. The molecule has 5 nitrogen and oxygen atoms in total. The Morgan fingerprint density at radius 1 is 1.13 bits per heavy atom. The highest BCUT2D eigenvalue weighted by molar-refractivity contribution is 5.87. The van der Waals surface area contributed by atoms with Crippen LogP contribution in [0.1, 0.15) is 12.0 Å². The fraction of sp³-hybridized carbons (Fsp3) is 0.222. The standard InChI is InChI=1S/C18H16N2O3/c21-16(22)11-20-15-10-14(12-5-2-1-3-6-12)9-13-7-4-8-19(17(13)15)18(20)23/h1-3,5-6,9-10H,4,7-8,11H2,(H,21,22). The Hall–Kier alpha value is -2.82. The SMILES string of the molecule is O=C(O)Cn1c(=O)n2c3c(cc(-c4ccccc4)cc31)CCC2. The second-order valence-electron chi connectivity index (χ2n) is 5.89. The smallest absolute Gasteiger partial charge is 0.329 e. The number of rotatable bonds is 3. The van der Waals surface area contributed by atoms with E-state index in [1.54, 1.807) is 4.57 Å². The minimum absolute atomic E-state index is 0.228. The minimum Gasteiger partial charge on any atom is -0.480 e. The average Bonchev–Trinajstić information content (AvgIpc) is 2.83. The first-order chi connectivity index (χ1) is 11.1. The summed E-state index contributed by atoms with van der Waals surface area (Å²) in [5.41, 5.74) is 4.59. The summed E-state index contributed by atoms with van der Waals surface area (Å²) in [6.45, 7) is 0.347. The van der Waals surface area contributed by atoms with Gasteiger partial charge in [0.1, 0.15) is 6.54 Å². The highest BCUT2D eigenvalue weighted by Gasteiger charge is 2.21. The van der Waals surface area contributed by atoms with E-state index < -0.39 is 5.97 Å². The van der Waals surface area contributed by atoms with E-state index in [-0.39, 0.29) is 12.2 Å². The summed E-state index contributed by atoms with van der Waals surface area (Å²) < 4.78 is 3.09. The highest BCUT2D eigenvalue weighted by Crippen LogP contribution is 2.30. The van der Waals surface area contributed by atoms with Crippen molar-refractivity contribution in [3.05, 3.63) is 58.5 Å². The van der Waals surface area contributed by atoms with Crippen molar-refractivity contribution in [1.29, 1.82) is 0 Å². The predicted molar refractivity (Wildman–Crippen MR) is 87.6 cm³/mol. The van der Waals surface area contributed by atoms with Crippen LogP contribution in [-0.4, -0.2) is 20.2 Å². The van der Waals surface area contributed by atoms with Gasteiger partial charge in [-0.15, -0.1) is 0 Å². The molecule has 5 heteroatoms. The second-order valence-corrected chi connectivity index (χ2v) is 5.89. The molecule has 2 aromatic carbocycles. The van der Waals surface area contributed by atoms with E-state index in [0.717, 1.165) is 35.0 Å². The average molecular weight is 308 g/mol. The van der Waals surface area contributed by atoms with Crippen molar-refractivity contribution in [2.24, 2.45) is 0 Å². The van der Waals surface area contributed by atoms with Crippen molar-refractivity contribution in [2.75, 3.05) is 0 Å². The van der Waals surface area contributed by atoms with Crippen molar-refractivity contribution in [2.45, 2.75) is 25.9 Å². The first kappa shape index (κ1) is 13.8. The number of hydrogen-bond acceptors (Lipinski definition) is 2. The zero-order valence-corrected chi connectivity index (χ0v) is 12.5. The number of carboxylic acids is 1. The number of imidazole rings is 1. The summed E-state index contributed by atoms with van der Waals surface area (Å²) in [5.74, 6) is -1.00. The number of carbonyl (C=O) groups is 1. The Morgan fingerprint density at radius 3 is 2.65 bits per heavy atom. The molecular weight excluding hydrogens is 292 g/mol. The Labute approximate surface area is 132 Å². The Morgan fingerprint density at radius 2 is 1.91 bits per heavy atom. The lowest BCUT2D eigenvalue weighted by Gasteiger charge is -2.15. The first-order valence-electron chi connectivity index (χ1n) is 7.68. The van der Waals surface area contributed by atoms with E-state index in [9.17, 15) is 9.59 Å². The summed E-state index contributed by atoms with van der Waals surface area (Å²) in [6.07, 6.45) is 1.81.